The molecule has 0 saturated carbocycles. The Morgan fingerprint density at radius 1 is 1.03 bits per heavy atom. The molecule has 4 rings (SSSR count). The zero-order valence-electron chi connectivity index (χ0n) is 20.7. The van der Waals surface area contributed by atoms with Gasteiger partial charge in [-0.25, -0.2) is 4.98 Å². The van der Waals surface area contributed by atoms with Gasteiger partial charge < -0.3 is 24.8 Å². The van der Waals surface area contributed by atoms with Crippen LogP contribution in [0.2, 0.25) is 0 Å². The first-order valence-electron chi connectivity index (χ1n) is 11.9. The average Bonchev–Trinajstić information content (AvgIpc) is 3.34. The number of ether oxygens (including phenoxy) is 2. The molecule has 8 nitrogen and oxygen atoms in total. The molecule has 0 spiro atoms. The molecule has 2 N–H and O–H groups in total. The molecule has 0 bridgehead atoms. The highest BCUT2D eigenvalue weighted by Crippen LogP contribution is 2.34. The largest absolute Gasteiger partial charge is 0.497 e. The van der Waals surface area contributed by atoms with E-state index >= 15 is 0 Å². The summed E-state index contributed by atoms with van der Waals surface area (Å²) in [6.45, 7) is 5.93. The molecule has 1 atom stereocenters. The standard InChI is InChI=1S/C27H33N5O3/c1-18(2)28-8-9-32(22-12-23(34-3)15-24(13-22)35-4)21-5-6-25-26(14-21)31-27(17-30-25)19-11-20(7-10-33)29-16-19/h5-6,11-18,20,28,33H,7-10H2,1-4H3. The summed E-state index contributed by atoms with van der Waals surface area (Å²) in [5.74, 6) is 1.46. The predicted molar refractivity (Wildman–Crippen MR) is 141 cm³/mol. The third kappa shape index (κ3) is 5.96. The molecule has 1 aromatic heterocycles. The van der Waals surface area contributed by atoms with Crippen molar-refractivity contribution in [2.75, 3.05) is 38.8 Å². The number of aliphatic hydroxyl groups is 1. The number of rotatable bonds is 11. The van der Waals surface area contributed by atoms with Crippen molar-refractivity contribution >= 4 is 34.2 Å². The fourth-order valence-electron chi connectivity index (χ4n) is 4.04. The van der Waals surface area contributed by atoms with Crippen LogP contribution in [0.3, 0.4) is 0 Å². The maximum absolute atomic E-state index is 9.20. The molecule has 1 aliphatic heterocycles. The zero-order chi connectivity index (χ0) is 24.8. The second kappa shape index (κ2) is 11.3. The van der Waals surface area contributed by atoms with Gasteiger partial charge in [0.25, 0.3) is 0 Å². The quantitative estimate of drug-likeness (QED) is 0.433. The van der Waals surface area contributed by atoms with Crippen LogP contribution in [-0.4, -0.2) is 67.3 Å². The lowest BCUT2D eigenvalue weighted by molar-refractivity contribution is 0.284. The molecule has 2 heterocycles. The van der Waals surface area contributed by atoms with Crippen molar-refractivity contribution in [3.63, 3.8) is 0 Å². The molecule has 0 fully saturated rings. The predicted octanol–water partition coefficient (Wildman–Crippen LogP) is 4.00. The van der Waals surface area contributed by atoms with E-state index < -0.39 is 0 Å². The van der Waals surface area contributed by atoms with E-state index in [0.29, 0.717) is 12.5 Å². The van der Waals surface area contributed by atoms with Gasteiger partial charge >= 0.3 is 0 Å². The molecule has 3 aromatic rings. The van der Waals surface area contributed by atoms with Crippen LogP contribution in [0, 0.1) is 0 Å². The summed E-state index contributed by atoms with van der Waals surface area (Å²) in [7, 11) is 3.31. The Morgan fingerprint density at radius 2 is 1.80 bits per heavy atom. The maximum Gasteiger partial charge on any atom is 0.124 e. The Bertz CT molecular complexity index is 1200. The number of nitrogens with zero attached hydrogens (tertiary/aromatic N) is 4. The first-order valence-corrected chi connectivity index (χ1v) is 11.9. The zero-order valence-corrected chi connectivity index (χ0v) is 20.7. The van der Waals surface area contributed by atoms with Gasteiger partial charge in [-0.15, -0.1) is 0 Å². The first-order chi connectivity index (χ1) is 17.0. The fraction of sp³-hybridized carbons (Fsp3) is 0.370. The number of hydrogen-bond donors (Lipinski definition) is 2. The third-order valence-electron chi connectivity index (χ3n) is 5.87. The normalized spacial score (nSPS) is 15.0. The Hall–Kier alpha value is -3.49. The summed E-state index contributed by atoms with van der Waals surface area (Å²) >= 11 is 0. The van der Waals surface area contributed by atoms with Crippen molar-refractivity contribution in [3.05, 3.63) is 54.4 Å². The van der Waals surface area contributed by atoms with Gasteiger partial charge in [-0.05, 0) is 30.7 Å². The highest BCUT2D eigenvalue weighted by molar-refractivity contribution is 6.11. The van der Waals surface area contributed by atoms with Crippen LogP contribution in [-0.2, 0) is 0 Å². The van der Waals surface area contributed by atoms with E-state index in [1.165, 1.54) is 0 Å². The molecular formula is C27H33N5O3. The monoisotopic (exact) mass is 475 g/mol. The lowest BCUT2D eigenvalue weighted by Gasteiger charge is -2.27. The number of methoxy groups -OCH3 is 2. The van der Waals surface area contributed by atoms with Gasteiger partial charge in [0, 0.05) is 67.1 Å². The Morgan fingerprint density at radius 3 is 2.49 bits per heavy atom. The first kappa shape index (κ1) is 24.6. The second-order valence-electron chi connectivity index (χ2n) is 8.74. The van der Waals surface area contributed by atoms with Gasteiger partial charge in [0.1, 0.15) is 11.5 Å². The Kier molecular flexibility index (Phi) is 7.94. The summed E-state index contributed by atoms with van der Waals surface area (Å²) < 4.78 is 11.0. The van der Waals surface area contributed by atoms with Crippen LogP contribution in [0.1, 0.15) is 26.0 Å². The van der Waals surface area contributed by atoms with E-state index in [1.54, 1.807) is 20.4 Å². The molecule has 2 aromatic carbocycles. The van der Waals surface area contributed by atoms with Gasteiger partial charge in [0.2, 0.25) is 0 Å². The SMILES string of the molecule is COc1cc(OC)cc(N(CCNC(C)C)c2ccc3ncc(C4=CC(CCO)N=C4)nc3c2)c1. The molecule has 1 aliphatic rings. The average molecular weight is 476 g/mol. The van der Waals surface area contributed by atoms with Crippen LogP contribution in [0.25, 0.3) is 16.6 Å². The molecule has 0 aliphatic carbocycles. The molecule has 8 heteroatoms. The number of allylic oxidation sites excluding steroid dienone is 1. The smallest absolute Gasteiger partial charge is 0.124 e. The van der Waals surface area contributed by atoms with E-state index in [0.717, 1.165) is 58.3 Å². The summed E-state index contributed by atoms with van der Waals surface area (Å²) in [6.07, 6.45) is 6.22. The highest BCUT2D eigenvalue weighted by atomic mass is 16.5. The minimum absolute atomic E-state index is 0.00850. The summed E-state index contributed by atoms with van der Waals surface area (Å²) in [5.41, 5.74) is 5.29. The lowest BCUT2D eigenvalue weighted by Crippen LogP contribution is -2.32. The third-order valence-corrected chi connectivity index (χ3v) is 5.87. The molecule has 35 heavy (non-hydrogen) atoms. The van der Waals surface area contributed by atoms with Gasteiger partial charge in [0.15, 0.2) is 0 Å². The number of benzene rings is 2. The van der Waals surface area contributed by atoms with Gasteiger partial charge in [-0.2, -0.15) is 0 Å². The topological polar surface area (TPSA) is 92.1 Å². The van der Waals surface area contributed by atoms with Crippen LogP contribution in [0.5, 0.6) is 11.5 Å². The summed E-state index contributed by atoms with van der Waals surface area (Å²) in [6, 6.07) is 12.4. The maximum atomic E-state index is 9.20. The highest BCUT2D eigenvalue weighted by Gasteiger charge is 2.16. The van der Waals surface area contributed by atoms with Crippen molar-refractivity contribution in [1.29, 1.82) is 0 Å². The molecule has 0 radical (unpaired) electrons. The van der Waals surface area contributed by atoms with E-state index in [9.17, 15) is 5.11 Å². The van der Waals surface area contributed by atoms with Crippen LogP contribution >= 0.6 is 0 Å². The minimum Gasteiger partial charge on any atom is -0.497 e. The number of fused-ring (bicyclic) bond motifs is 1. The number of hydrogen-bond acceptors (Lipinski definition) is 8. The molecular weight excluding hydrogens is 442 g/mol. The van der Waals surface area contributed by atoms with Crippen molar-refractivity contribution in [2.45, 2.75) is 32.4 Å². The van der Waals surface area contributed by atoms with Gasteiger partial charge in [-0.3, -0.25) is 9.98 Å². The Labute approximate surface area is 206 Å². The van der Waals surface area contributed by atoms with Crippen LogP contribution in [0.4, 0.5) is 11.4 Å². The van der Waals surface area contributed by atoms with Crippen molar-refractivity contribution in [1.82, 2.24) is 15.3 Å². The fourth-order valence-corrected chi connectivity index (χ4v) is 4.04. The van der Waals surface area contributed by atoms with E-state index in [2.05, 4.69) is 46.2 Å². The Balaban J connectivity index is 1.71. The number of aliphatic hydroxyl groups excluding tert-OH is 1. The van der Waals surface area contributed by atoms with Crippen molar-refractivity contribution < 1.29 is 14.6 Å². The molecule has 1 unspecified atom stereocenters. The van der Waals surface area contributed by atoms with Crippen LogP contribution in [0.15, 0.2) is 53.7 Å². The van der Waals surface area contributed by atoms with Crippen molar-refractivity contribution in [2.24, 2.45) is 4.99 Å². The van der Waals surface area contributed by atoms with E-state index in [-0.39, 0.29) is 12.6 Å². The number of anilines is 2. The number of aliphatic imine (C=N–C) groups is 1. The minimum atomic E-state index is -0.00850. The summed E-state index contributed by atoms with van der Waals surface area (Å²) in [5, 5.41) is 12.7. The van der Waals surface area contributed by atoms with Crippen molar-refractivity contribution in [3.8, 4) is 11.5 Å². The lowest BCUT2D eigenvalue weighted by atomic mass is 10.1. The van der Waals surface area contributed by atoms with E-state index in [4.69, 9.17) is 14.5 Å². The number of nitrogens with one attached hydrogen (secondary N) is 1. The van der Waals surface area contributed by atoms with Crippen LogP contribution < -0.4 is 19.7 Å². The number of aromatic nitrogens is 2. The van der Waals surface area contributed by atoms with E-state index in [1.807, 2.05) is 36.6 Å². The van der Waals surface area contributed by atoms with Gasteiger partial charge in [0.05, 0.1) is 43.2 Å². The molecule has 0 saturated heterocycles. The second-order valence-corrected chi connectivity index (χ2v) is 8.74. The molecule has 184 valence electrons. The summed E-state index contributed by atoms with van der Waals surface area (Å²) in [4.78, 5) is 16.2. The molecule has 0 amide bonds. The van der Waals surface area contributed by atoms with Gasteiger partial charge in [-0.1, -0.05) is 13.8 Å².